The Labute approximate surface area is 152 Å². The molecule has 1 heterocycles. The van der Waals surface area contributed by atoms with Crippen molar-refractivity contribution in [3.8, 4) is 0 Å². The molecule has 4 nitrogen and oxygen atoms in total. The molecule has 1 aromatic heterocycles. The van der Waals surface area contributed by atoms with Gasteiger partial charge >= 0.3 is 5.69 Å². The second-order valence-electron chi connectivity index (χ2n) is 7.27. The Bertz CT molecular complexity index is 676. The van der Waals surface area contributed by atoms with Gasteiger partial charge in [-0.3, -0.25) is 9.13 Å². The van der Waals surface area contributed by atoms with E-state index in [2.05, 4.69) is 13.0 Å². The standard InChI is InChI=1S/C16H22N2O.C5H13N/c1-17-14-9-5-6-10-15(14)18(16(17)19)12-11-13-7-3-2-4-8-13;1-2-3-4-5-6/h5-6,9-10,13H,2-4,7-8,11-12H2,1H3;2-6H2,1H3. The highest BCUT2D eigenvalue weighted by molar-refractivity contribution is 5.75. The van der Waals surface area contributed by atoms with Gasteiger partial charge in [-0.15, -0.1) is 0 Å². The van der Waals surface area contributed by atoms with E-state index in [0.29, 0.717) is 0 Å². The molecule has 0 bridgehead atoms. The third kappa shape index (κ3) is 5.46. The Morgan fingerprint density at radius 1 is 1.08 bits per heavy atom. The van der Waals surface area contributed by atoms with Gasteiger partial charge in [-0.05, 0) is 37.4 Å². The first-order valence-corrected chi connectivity index (χ1v) is 10.0. The summed E-state index contributed by atoms with van der Waals surface area (Å²) in [5.41, 5.74) is 7.45. The number of aromatic nitrogens is 2. The molecule has 2 aromatic rings. The molecule has 0 atom stereocenters. The molecule has 2 N–H and O–H groups in total. The smallest absolute Gasteiger partial charge is 0.328 e. The fraction of sp³-hybridized carbons (Fsp3) is 0.667. The van der Waals surface area contributed by atoms with Crippen LogP contribution in [0.15, 0.2) is 29.1 Å². The van der Waals surface area contributed by atoms with Crippen molar-refractivity contribution >= 4 is 11.0 Å². The van der Waals surface area contributed by atoms with Crippen LogP contribution in [0.4, 0.5) is 0 Å². The fourth-order valence-corrected chi connectivity index (χ4v) is 3.76. The molecular weight excluding hydrogens is 310 g/mol. The van der Waals surface area contributed by atoms with Gasteiger partial charge in [0.15, 0.2) is 0 Å². The summed E-state index contributed by atoms with van der Waals surface area (Å²) in [7, 11) is 1.86. The molecule has 25 heavy (non-hydrogen) atoms. The average molecular weight is 346 g/mol. The summed E-state index contributed by atoms with van der Waals surface area (Å²) in [6.07, 6.45) is 11.7. The third-order valence-corrected chi connectivity index (χ3v) is 5.35. The van der Waals surface area contributed by atoms with Crippen molar-refractivity contribution in [3.05, 3.63) is 34.7 Å². The maximum atomic E-state index is 12.3. The van der Waals surface area contributed by atoms with Crippen LogP contribution in [-0.2, 0) is 13.6 Å². The van der Waals surface area contributed by atoms with Gasteiger partial charge < -0.3 is 5.73 Å². The molecule has 3 rings (SSSR count). The molecule has 1 aromatic carbocycles. The molecule has 140 valence electrons. The Morgan fingerprint density at radius 2 is 1.76 bits per heavy atom. The van der Waals surface area contributed by atoms with Gasteiger partial charge in [0.25, 0.3) is 0 Å². The van der Waals surface area contributed by atoms with Crippen LogP contribution in [0, 0.1) is 5.92 Å². The number of hydrogen-bond donors (Lipinski definition) is 1. The van der Waals surface area contributed by atoms with Crippen LogP contribution in [-0.4, -0.2) is 15.7 Å². The van der Waals surface area contributed by atoms with Crippen molar-refractivity contribution in [2.75, 3.05) is 6.54 Å². The van der Waals surface area contributed by atoms with E-state index in [9.17, 15) is 4.79 Å². The SMILES string of the molecule is CCCCCN.Cn1c(=O)n(CCC2CCCCC2)c2ccccc21. The molecule has 0 aliphatic heterocycles. The summed E-state index contributed by atoms with van der Waals surface area (Å²) in [6.45, 7) is 3.90. The summed E-state index contributed by atoms with van der Waals surface area (Å²) >= 11 is 0. The van der Waals surface area contributed by atoms with Crippen LogP contribution >= 0.6 is 0 Å². The second kappa shape index (κ2) is 10.4. The lowest BCUT2D eigenvalue weighted by Gasteiger charge is -2.21. The van der Waals surface area contributed by atoms with E-state index in [1.54, 1.807) is 4.57 Å². The van der Waals surface area contributed by atoms with E-state index in [4.69, 9.17) is 5.73 Å². The highest BCUT2D eigenvalue weighted by atomic mass is 16.1. The Hall–Kier alpha value is -1.55. The number of aryl methyl sites for hydroxylation is 2. The fourth-order valence-electron chi connectivity index (χ4n) is 3.76. The molecule has 4 heteroatoms. The second-order valence-corrected chi connectivity index (χ2v) is 7.27. The average Bonchev–Trinajstić information content (AvgIpc) is 2.90. The quantitative estimate of drug-likeness (QED) is 0.787. The van der Waals surface area contributed by atoms with E-state index >= 15 is 0 Å². The monoisotopic (exact) mass is 345 g/mol. The Balaban J connectivity index is 0.000000326. The zero-order valence-electron chi connectivity index (χ0n) is 16.0. The Morgan fingerprint density at radius 3 is 2.36 bits per heavy atom. The molecule has 1 saturated carbocycles. The first-order valence-electron chi connectivity index (χ1n) is 10.0. The van der Waals surface area contributed by atoms with E-state index in [0.717, 1.165) is 36.5 Å². The predicted octanol–water partition coefficient (Wildman–Crippen LogP) is 4.45. The van der Waals surface area contributed by atoms with Crippen molar-refractivity contribution in [2.45, 2.75) is 71.3 Å². The van der Waals surface area contributed by atoms with Crippen LogP contribution in [0.3, 0.4) is 0 Å². The topological polar surface area (TPSA) is 52.9 Å². The molecule has 0 radical (unpaired) electrons. The number of fused-ring (bicyclic) bond motifs is 1. The lowest BCUT2D eigenvalue weighted by atomic mass is 9.87. The molecule has 0 saturated heterocycles. The summed E-state index contributed by atoms with van der Waals surface area (Å²) in [4.78, 5) is 12.3. The summed E-state index contributed by atoms with van der Waals surface area (Å²) in [5.74, 6) is 0.819. The van der Waals surface area contributed by atoms with E-state index in [1.165, 1.54) is 51.4 Å². The first kappa shape index (κ1) is 19.8. The zero-order chi connectivity index (χ0) is 18.1. The van der Waals surface area contributed by atoms with E-state index in [-0.39, 0.29) is 5.69 Å². The summed E-state index contributed by atoms with van der Waals surface area (Å²) in [5, 5.41) is 0. The van der Waals surface area contributed by atoms with E-state index < -0.39 is 0 Å². The molecule has 1 aliphatic carbocycles. The molecule has 1 fully saturated rings. The molecule has 0 unspecified atom stereocenters. The molecular formula is C21H35N3O. The van der Waals surface area contributed by atoms with Gasteiger partial charge in [-0.25, -0.2) is 4.79 Å². The maximum Gasteiger partial charge on any atom is 0.328 e. The minimum atomic E-state index is 0.122. The maximum absolute atomic E-state index is 12.3. The van der Waals surface area contributed by atoms with Gasteiger partial charge in [0.2, 0.25) is 0 Å². The summed E-state index contributed by atoms with van der Waals surface area (Å²) in [6, 6.07) is 8.08. The number of benzene rings is 1. The van der Waals surface area contributed by atoms with Crippen LogP contribution in [0.5, 0.6) is 0 Å². The van der Waals surface area contributed by atoms with Gasteiger partial charge in [0.1, 0.15) is 0 Å². The van der Waals surface area contributed by atoms with Crippen molar-refractivity contribution < 1.29 is 0 Å². The number of para-hydroxylation sites is 2. The van der Waals surface area contributed by atoms with Crippen molar-refractivity contribution in [1.82, 2.24) is 9.13 Å². The largest absolute Gasteiger partial charge is 0.330 e. The minimum absolute atomic E-state index is 0.122. The number of nitrogens with zero attached hydrogens (tertiary/aromatic N) is 2. The van der Waals surface area contributed by atoms with Crippen molar-refractivity contribution in [3.63, 3.8) is 0 Å². The van der Waals surface area contributed by atoms with Crippen LogP contribution < -0.4 is 11.4 Å². The number of nitrogens with two attached hydrogens (primary N) is 1. The van der Waals surface area contributed by atoms with Crippen LogP contribution in [0.2, 0.25) is 0 Å². The molecule has 0 amide bonds. The zero-order valence-corrected chi connectivity index (χ0v) is 16.0. The predicted molar refractivity (Wildman–Crippen MR) is 107 cm³/mol. The summed E-state index contributed by atoms with van der Waals surface area (Å²) < 4.78 is 3.71. The number of hydrogen-bond acceptors (Lipinski definition) is 2. The van der Waals surface area contributed by atoms with Crippen LogP contribution in [0.25, 0.3) is 11.0 Å². The highest BCUT2D eigenvalue weighted by Crippen LogP contribution is 2.27. The first-order chi connectivity index (χ1) is 12.2. The normalized spacial score (nSPS) is 15.2. The van der Waals surface area contributed by atoms with Crippen molar-refractivity contribution in [1.29, 1.82) is 0 Å². The lowest BCUT2D eigenvalue weighted by Crippen LogP contribution is -2.23. The van der Waals surface area contributed by atoms with Crippen molar-refractivity contribution in [2.24, 2.45) is 18.7 Å². The highest BCUT2D eigenvalue weighted by Gasteiger charge is 2.15. The number of unbranched alkanes of at least 4 members (excludes halogenated alkanes) is 2. The lowest BCUT2D eigenvalue weighted by molar-refractivity contribution is 0.324. The van der Waals surface area contributed by atoms with Gasteiger partial charge in [-0.1, -0.05) is 64.0 Å². The van der Waals surface area contributed by atoms with Crippen LogP contribution in [0.1, 0.15) is 64.7 Å². The van der Waals surface area contributed by atoms with Gasteiger partial charge in [0.05, 0.1) is 11.0 Å². The minimum Gasteiger partial charge on any atom is -0.330 e. The molecule has 1 aliphatic rings. The Kier molecular flexibility index (Phi) is 8.26. The van der Waals surface area contributed by atoms with Gasteiger partial charge in [0, 0.05) is 13.6 Å². The number of imidazole rings is 1. The van der Waals surface area contributed by atoms with Gasteiger partial charge in [-0.2, -0.15) is 0 Å². The number of rotatable bonds is 6. The van der Waals surface area contributed by atoms with E-state index in [1.807, 2.05) is 29.8 Å². The third-order valence-electron chi connectivity index (χ3n) is 5.35. The molecule has 0 spiro atoms.